The smallest absolute Gasteiger partial charge is 0.185 e. The Labute approximate surface area is 114 Å². The number of rotatable bonds is 4. The van der Waals surface area contributed by atoms with Crippen molar-refractivity contribution in [1.29, 1.82) is 0 Å². The topological polar surface area (TPSA) is 69.6 Å². The average molecular weight is 279 g/mol. The maximum atomic E-state index is 13.9. The minimum atomic E-state index is -0.781. The second-order valence-corrected chi connectivity index (χ2v) is 5.33. The molecule has 5 nitrogen and oxygen atoms in total. The van der Waals surface area contributed by atoms with Gasteiger partial charge in [-0.1, -0.05) is 12.8 Å². The summed E-state index contributed by atoms with van der Waals surface area (Å²) in [6.45, 7) is 1.99. The molecule has 0 aliphatic heterocycles. The predicted molar refractivity (Wildman–Crippen MR) is 69.6 cm³/mol. The zero-order chi connectivity index (χ0) is 14.3. The van der Waals surface area contributed by atoms with Gasteiger partial charge in [0.1, 0.15) is 11.6 Å². The molecule has 0 radical (unpaired) electrons. The van der Waals surface area contributed by atoms with Gasteiger partial charge in [0.15, 0.2) is 5.82 Å². The van der Waals surface area contributed by atoms with E-state index in [1.165, 1.54) is 18.9 Å². The highest BCUT2D eigenvalue weighted by molar-refractivity contribution is 5.62. The monoisotopic (exact) mass is 279 g/mol. The molecule has 1 atom stereocenters. The number of nitrogens with zero attached hydrogens (tertiary/aromatic N) is 4. The van der Waals surface area contributed by atoms with Crippen molar-refractivity contribution in [3.05, 3.63) is 23.8 Å². The molecule has 0 spiro atoms. The molecule has 2 N–H and O–H groups in total. The molecule has 1 saturated carbocycles. The second-order valence-electron chi connectivity index (χ2n) is 5.33. The van der Waals surface area contributed by atoms with E-state index in [9.17, 15) is 8.78 Å². The Morgan fingerprint density at radius 1 is 1.35 bits per heavy atom. The molecule has 20 heavy (non-hydrogen) atoms. The van der Waals surface area contributed by atoms with E-state index in [2.05, 4.69) is 15.5 Å². The Hall–Kier alpha value is -2.05. The van der Waals surface area contributed by atoms with Crippen LogP contribution in [0.4, 0.5) is 14.5 Å². The minimum Gasteiger partial charge on any atom is -0.396 e. The van der Waals surface area contributed by atoms with Gasteiger partial charge in [-0.05, 0) is 35.8 Å². The number of tetrazole rings is 1. The molecule has 1 aromatic carbocycles. The Balaban J connectivity index is 1.98. The van der Waals surface area contributed by atoms with Gasteiger partial charge in [-0.15, -0.1) is 5.10 Å². The van der Waals surface area contributed by atoms with Gasteiger partial charge in [-0.3, -0.25) is 0 Å². The molecule has 1 fully saturated rings. The van der Waals surface area contributed by atoms with Crippen molar-refractivity contribution in [2.75, 3.05) is 5.73 Å². The maximum absolute atomic E-state index is 13.9. The third-order valence-corrected chi connectivity index (χ3v) is 3.61. The highest BCUT2D eigenvalue weighted by atomic mass is 19.1. The Kier molecular flexibility index (Phi) is 3.11. The van der Waals surface area contributed by atoms with E-state index in [0.717, 1.165) is 12.5 Å². The number of nitrogens with two attached hydrogens (primary N) is 1. The molecule has 7 heteroatoms. The van der Waals surface area contributed by atoms with Crippen molar-refractivity contribution in [1.82, 2.24) is 20.2 Å². The van der Waals surface area contributed by atoms with Crippen LogP contribution < -0.4 is 5.73 Å². The minimum absolute atomic E-state index is 0.0678. The van der Waals surface area contributed by atoms with Crippen LogP contribution in [0.25, 0.3) is 11.4 Å². The third kappa shape index (κ3) is 2.35. The number of halogens is 2. The van der Waals surface area contributed by atoms with E-state index < -0.39 is 11.6 Å². The van der Waals surface area contributed by atoms with Crippen molar-refractivity contribution in [3.8, 4) is 11.4 Å². The lowest BCUT2D eigenvalue weighted by Crippen LogP contribution is -2.10. The summed E-state index contributed by atoms with van der Waals surface area (Å²) in [5.41, 5.74) is 5.50. The summed E-state index contributed by atoms with van der Waals surface area (Å²) in [4.78, 5) is 0. The van der Waals surface area contributed by atoms with Gasteiger partial charge >= 0.3 is 0 Å². The number of benzene rings is 1. The van der Waals surface area contributed by atoms with E-state index in [0.29, 0.717) is 5.92 Å². The molecule has 0 saturated heterocycles. The number of anilines is 1. The first-order valence-corrected chi connectivity index (χ1v) is 6.59. The molecule has 2 aromatic rings. The van der Waals surface area contributed by atoms with Crippen LogP contribution in [0, 0.1) is 17.6 Å². The van der Waals surface area contributed by atoms with Crippen LogP contribution in [-0.2, 0) is 0 Å². The predicted octanol–water partition coefficient (Wildman–Crippen LogP) is 2.56. The lowest BCUT2D eigenvalue weighted by molar-refractivity contribution is 0.429. The molecule has 1 aliphatic carbocycles. The first kappa shape index (κ1) is 13.0. The Bertz CT molecular complexity index is 636. The van der Waals surface area contributed by atoms with Crippen molar-refractivity contribution in [2.24, 2.45) is 5.92 Å². The SMILES string of the molecule is CC(CC1CC1)n1nnnc1-c1cc(N)c(F)cc1F. The van der Waals surface area contributed by atoms with Crippen LogP contribution in [0.15, 0.2) is 12.1 Å². The van der Waals surface area contributed by atoms with Crippen molar-refractivity contribution in [2.45, 2.75) is 32.2 Å². The summed E-state index contributed by atoms with van der Waals surface area (Å²) in [7, 11) is 0. The summed E-state index contributed by atoms with van der Waals surface area (Å²) in [6.07, 6.45) is 3.40. The van der Waals surface area contributed by atoms with E-state index in [-0.39, 0.29) is 23.1 Å². The van der Waals surface area contributed by atoms with Crippen LogP contribution in [0.3, 0.4) is 0 Å². The van der Waals surface area contributed by atoms with Gasteiger partial charge in [-0.2, -0.15) is 0 Å². The molecule has 1 aromatic heterocycles. The van der Waals surface area contributed by atoms with Crippen LogP contribution >= 0.6 is 0 Å². The van der Waals surface area contributed by atoms with E-state index in [1.807, 2.05) is 6.92 Å². The van der Waals surface area contributed by atoms with Crippen LogP contribution in [-0.4, -0.2) is 20.2 Å². The molecular formula is C13H15F2N5. The van der Waals surface area contributed by atoms with E-state index >= 15 is 0 Å². The number of nitrogen functional groups attached to an aromatic ring is 1. The molecule has 106 valence electrons. The average Bonchev–Trinajstić information content (AvgIpc) is 3.07. The van der Waals surface area contributed by atoms with Crippen molar-refractivity contribution >= 4 is 5.69 Å². The van der Waals surface area contributed by atoms with Crippen LogP contribution in [0.5, 0.6) is 0 Å². The molecule has 1 unspecified atom stereocenters. The molecule has 1 aliphatic rings. The van der Waals surface area contributed by atoms with Gasteiger partial charge < -0.3 is 5.73 Å². The fourth-order valence-electron chi connectivity index (χ4n) is 2.34. The van der Waals surface area contributed by atoms with Crippen molar-refractivity contribution in [3.63, 3.8) is 0 Å². The zero-order valence-electron chi connectivity index (χ0n) is 11.1. The largest absolute Gasteiger partial charge is 0.396 e. The molecule has 0 amide bonds. The lowest BCUT2D eigenvalue weighted by atomic mass is 10.1. The van der Waals surface area contributed by atoms with Crippen molar-refractivity contribution < 1.29 is 8.78 Å². The van der Waals surface area contributed by atoms with Gasteiger partial charge in [0.25, 0.3) is 0 Å². The lowest BCUT2D eigenvalue weighted by Gasteiger charge is -2.13. The van der Waals surface area contributed by atoms with Gasteiger partial charge in [0.05, 0.1) is 17.3 Å². The fraction of sp³-hybridized carbons (Fsp3) is 0.462. The Morgan fingerprint density at radius 3 is 2.80 bits per heavy atom. The summed E-state index contributed by atoms with van der Waals surface area (Å²) in [5, 5.41) is 11.4. The van der Waals surface area contributed by atoms with Gasteiger partial charge in [0.2, 0.25) is 0 Å². The second kappa shape index (κ2) is 4.81. The summed E-state index contributed by atoms with van der Waals surface area (Å²) in [5.74, 6) is -0.518. The van der Waals surface area contributed by atoms with Crippen LogP contribution in [0.2, 0.25) is 0 Å². The van der Waals surface area contributed by atoms with Gasteiger partial charge in [-0.25, -0.2) is 13.5 Å². The van der Waals surface area contributed by atoms with Crippen LogP contribution in [0.1, 0.15) is 32.2 Å². The highest BCUT2D eigenvalue weighted by Crippen LogP contribution is 2.37. The molecule has 0 bridgehead atoms. The van der Waals surface area contributed by atoms with Gasteiger partial charge in [0, 0.05) is 6.07 Å². The number of hydrogen-bond acceptors (Lipinski definition) is 4. The summed E-state index contributed by atoms with van der Waals surface area (Å²) >= 11 is 0. The molecule has 3 rings (SSSR count). The zero-order valence-corrected chi connectivity index (χ0v) is 11.1. The number of hydrogen-bond donors (Lipinski definition) is 1. The summed E-state index contributed by atoms with van der Waals surface area (Å²) < 4.78 is 28.7. The summed E-state index contributed by atoms with van der Waals surface area (Å²) in [6, 6.07) is 2.06. The standard InChI is InChI=1S/C13H15F2N5/c1-7(4-8-2-3-8)20-13(17-18-19-20)9-5-12(16)11(15)6-10(9)14/h5-8H,2-4,16H2,1H3. The van der Waals surface area contributed by atoms with E-state index in [4.69, 9.17) is 5.73 Å². The first-order valence-electron chi connectivity index (χ1n) is 6.59. The maximum Gasteiger partial charge on any atom is 0.185 e. The number of aromatic nitrogens is 4. The quantitative estimate of drug-likeness (QED) is 0.873. The highest BCUT2D eigenvalue weighted by Gasteiger charge is 2.27. The first-order chi connectivity index (χ1) is 9.56. The van der Waals surface area contributed by atoms with E-state index in [1.54, 1.807) is 4.68 Å². The Morgan fingerprint density at radius 2 is 2.10 bits per heavy atom. The molecular weight excluding hydrogens is 264 g/mol. The third-order valence-electron chi connectivity index (χ3n) is 3.61. The normalized spacial score (nSPS) is 16.4. The fourth-order valence-corrected chi connectivity index (χ4v) is 2.34. The molecule has 1 heterocycles.